The smallest absolute Gasteiger partial charge is 0.344 e. The molecule has 2 rings (SSSR count). The van der Waals surface area contributed by atoms with E-state index in [1.54, 1.807) is 6.07 Å². The maximum atomic E-state index is 11.1. The molecule has 0 aliphatic carbocycles. The van der Waals surface area contributed by atoms with Crippen molar-refractivity contribution in [3.63, 3.8) is 0 Å². The Morgan fingerprint density at radius 2 is 1.95 bits per heavy atom. The van der Waals surface area contributed by atoms with E-state index in [1.807, 2.05) is 0 Å². The fraction of sp³-hybridized carbons (Fsp3) is 0.333. The molecular weight excluding hydrogens is 270 g/mol. The van der Waals surface area contributed by atoms with Crippen molar-refractivity contribution in [2.24, 2.45) is 5.73 Å². The Kier molecular flexibility index (Phi) is 3.94. The summed E-state index contributed by atoms with van der Waals surface area (Å²) in [6.45, 7) is 0.0883. The normalized spacial score (nSPS) is 15.4. The minimum Gasteiger partial charge on any atom is -0.480 e. The van der Waals surface area contributed by atoms with E-state index in [4.69, 9.17) is 30.2 Å². The summed E-state index contributed by atoms with van der Waals surface area (Å²) in [6, 6.07) is 3.25. The number of fused-ring (bicyclic) bond motifs is 1. The highest BCUT2D eigenvalue weighted by Crippen LogP contribution is 2.35. The van der Waals surface area contributed by atoms with Crippen LogP contribution in [0.2, 0.25) is 0 Å². The summed E-state index contributed by atoms with van der Waals surface area (Å²) in [6.07, 6.45) is -1.71. The van der Waals surface area contributed by atoms with Crippen LogP contribution in [0.25, 0.3) is 0 Å². The summed E-state index contributed by atoms with van der Waals surface area (Å²) >= 11 is 0. The lowest BCUT2D eigenvalue weighted by molar-refractivity contribution is -0.146. The summed E-state index contributed by atoms with van der Waals surface area (Å²) in [5.41, 5.74) is 5.31. The third-order valence-corrected chi connectivity index (χ3v) is 2.68. The minimum atomic E-state index is -1.36. The van der Waals surface area contributed by atoms with Gasteiger partial charge in [-0.1, -0.05) is 0 Å². The number of ether oxygens (including phenoxy) is 3. The van der Waals surface area contributed by atoms with E-state index in [9.17, 15) is 9.59 Å². The minimum absolute atomic E-state index is 0.0883. The highest BCUT2D eigenvalue weighted by atomic mass is 16.7. The molecule has 1 aromatic carbocycles. The van der Waals surface area contributed by atoms with E-state index in [0.29, 0.717) is 11.5 Å². The summed E-state index contributed by atoms with van der Waals surface area (Å²) < 4.78 is 15.5. The highest BCUT2D eigenvalue weighted by molar-refractivity contribution is 5.77. The van der Waals surface area contributed by atoms with Gasteiger partial charge in [0, 0.05) is 12.5 Å². The van der Waals surface area contributed by atoms with Crippen molar-refractivity contribution in [2.45, 2.75) is 18.6 Å². The number of benzene rings is 1. The molecule has 2 atom stereocenters. The number of carboxylic acid groups (broad SMARTS) is 2. The number of hydrogen-bond acceptors (Lipinski definition) is 6. The molecule has 0 aromatic heterocycles. The first kappa shape index (κ1) is 13.9. The molecule has 0 amide bonds. The maximum Gasteiger partial charge on any atom is 0.344 e. The van der Waals surface area contributed by atoms with Crippen molar-refractivity contribution in [1.29, 1.82) is 0 Å². The topological polar surface area (TPSA) is 128 Å². The number of carboxylic acids is 2. The van der Waals surface area contributed by atoms with Gasteiger partial charge >= 0.3 is 11.9 Å². The van der Waals surface area contributed by atoms with E-state index in [1.165, 1.54) is 12.1 Å². The molecule has 20 heavy (non-hydrogen) atoms. The van der Waals surface area contributed by atoms with E-state index in [2.05, 4.69) is 0 Å². The Labute approximate surface area is 113 Å². The number of hydrogen-bond donors (Lipinski definition) is 3. The van der Waals surface area contributed by atoms with E-state index < -0.39 is 24.1 Å². The van der Waals surface area contributed by atoms with Gasteiger partial charge in [0.1, 0.15) is 11.8 Å². The predicted molar refractivity (Wildman–Crippen MR) is 64.8 cm³/mol. The van der Waals surface area contributed by atoms with Crippen LogP contribution in [0.15, 0.2) is 18.2 Å². The van der Waals surface area contributed by atoms with E-state index in [-0.39, 0.29) is 19.0 Å². The monoisotopic (exact) mass is 283 g/mol. The fourth-order valence-electron chi connectivity index (χ4n) is 1.65. The van der Waals surface area contributed by atoms with E-state index >= 15 is 0 Å². The molecule has 1 aliphatic rings. The van der Waals surface area contributed by atoms with Crippen LogP contribution in [0.3, 0.4) is 0 Å². The van der Waals surface area contributed by atoms with Gasteiger partial charge in [-0.2, -0.15) is 0 Å². The molecule has 1 heterocycles. The molecule has 1 unspecified atom stereocenters. The molecule has 0 saturated carbocycles. The average Bonchev–Trinajstić information content (AvgIpc) is 2.84. The van der Waals surface area contributed by atoms with Crippen molar-refractivity contribution < 1.29 is 34.0 Å². The molecular formula is C12H13NO7. The van der Waals surface area contributed by atoms with Crippen LogP contribution in [-0.4, -0.2) is 41.1 Å². The lowest BCUT2D eigenvalue weighted by Gasteiger charge is -2.17. The van der Waals surface area contributed by atoms with Gasteiger partial charge in [-0.25, -0.2) is 4.79 Å². The van der Waals surface area contributed by atoms with Gasteiger partial charge in [0.25, 0.3) is 0 Å². The Bertz CT molecular complexity index is 531. The van der Waals surface area contributed by atoms with Crippen molar-refractivity contribution in [2.75, 3.05) is 6.79 Å². The number of aliphatic carboxylic acids is 2. The molecule has 108 valence electrons. The van der Waals surface area contributed by atoms with Gasteiger partial charge in [0.2, 0.25) is 6.79 Å². The third kappa shape index (κ3) is 3.09. The van der Waals surface area contributed by atoms with Crippen molar-refractivity contribution in [3.8, 4) is 17.2 Å². The Morgan fingerprint density at radius 3 is 2.60 bits per heavy atom. The lowest BCUT2D eigenvalue weighted by atomic mass is 10.1. The van der Waals surface area contributed by atoms with Gasteiger partial charge in [0.05, 0.1) is 0 Å². The Morgan fingerprint density at radius 1 is 1.25 bits per heavy atom. The van der Waals surface area contributed by atoms with Crippen LogP contribution in [0.1, 0.15) is 6.42 Å². The maximum absolute atomic E-state index is 11.1. The quantitative estimate of drug-likeness (QED) is 0.668. The fourth-order valence-corrected chi connectivity index (χ4v) is 1.65. The summed E-state index contributed by atoms with van der Waals surface area (Å²) in [5.74, 6) is -1.37. The number of nitrogens with two attached hydrogens (primary N) is 1. The van der Waals surface area contributed by atoms with Gasteiger partial charge < -0.3 is 30.2 Å². The van der Waals surface area contributed by atoms with Crippen LogP contribution >= 0.6 is 0 Å². The molecule has 1 aliphatic heterocycles. The second-order valence-electron chi connectivity index (χ2n) is 4.14. The second-order valence-corrected chi connectivity index (χ2v) is 4.14. The molecule has 0 radical (unpaired) electrons. The van der Waals surface area contributed by atoms with Crippen LogP contribution in [-0.2, 0) is 9.59 Å². The third-order valence-electron chi connectivity index (χ3n) is 2.68. The van der Waals surface area contributed by atoms with Crippen LogP contribution in [0, 0.1) is 0 Å². The SMILES string of the molecule is N[C@@H](CC(Oc1ccc2c(c1)OCO2)C(=O)O)C(=O)O. The number of carbonyl (C=O) groups is 2. The zero-order chi connectivity index (χ0) is 14.7. The standard InChI is InChI=1S/C12H13NO7/c13-7(11(14)15)4-10(12(16)17)20-6-1-2-8-9(3-6)19-5-18-8/h1-3,7,10H,4-5,13H2,(H,14,15)(H,16,17)/t7-,10?/m0/s1. The number of rotatable bonds is 6. The Balaban J connectivity index is 2.08. The lowest BCUT2D eigenvalue weighted by Crippen LogP contribution is -2.39. The molecule has 0 saturated heterocycles. The summed E-state index contributed by atoms with van der Waals surface area (Å²) in [4.78, 5) is 21.7. The molecule has 8 nitrogen and oxygen atoms in total. The molecule has 1 aromatic rings. The largest absolute Gasteiger partial charge is 0.480 e. The first-order valence-corrected chi connectivity index (χ1v) is 5.75. The van der Waals surface area contributed by atoms with Crippen LogP contribution in [0.5, 0.6) is 17.2 Å². The van der Waals surface area contributed by atoms with Gasteiger partial charge in [-0.3, -0.25) is 4.79 Å². The van der Waals surface area contributed by atoms with Gasteiger partial charge in [-0.15, -0.1) is 0 Å². The molecule has 0 fully saturated rings. The van der Waals surface area contributed by atoms with Gasteiger partial charge in [0.15, 0.2) is 17.6 Å². The van der Waals surface area contributed by atoms with Crippen molar-refractivity contribution >= 4 is 11.9 Å². The molecule has 0 spiro atoms. The van der Waals surface area contributed by atoms with Crippen LogP contribution in [0.4, 0.5) is 0 Å². The molecule has 8 heteroatoms. The molecule has 0 bridgehead atoms. The van der Waals surface area contributed by atoms with Crippen molar-refractivity contribution in [1.82, 2.24) is 0 Å². The molecule has 4 N–H and O–H groups in total. The van der Waals surface area contributed by atoms with Gasteiger partial charge in [-0.05, 0) is 12.1 Å². The predicted octanol–water partition coefficient (Wildman–Crippen LogP) is 0.0493. The second kappa shape index (κ2) is 5.66. The first-order valence-electron chi connectivity index (χ1n) is 5.75. The van der Waals surface area contributed by atoms with Crippen LogP contribution < -0.4 is 19.9 Å². The highest BCUT2D eigenvalue weighted by Gasteiger charge is 2.26. The summed E-state index contributed by atoms with van der Waals surface area (Å²) in [5, 5.41) is 17.7. The Hall–Kier alpha value is -2.48. The van der Waals surface area contributed by atoms with E-state index in [0.717, 1.165) is 0 Å². The zero-order valence-electron chi connectivity index (χ0n) is 10.3. The first-order chi connectivity index (χ1) is 9.47. The average molecular weight is 283 g/mol. The summed E-state index contributed by atoms with van der Waals surface area (Å²) in [7, 11) is 0. The zero-order valence-corrected chi connectivity index (χ0v) is 10.3. The van der Waals surface area contributed by atoms with Crippen molar-refractivity contribution in [3.05, 3.63) is 18.2 Å².